The highest BCUT2D eigenvalue weighted by Gasteiger charge is 2.26. The number of hydrogen-bond donors (Lipinski definition) is 0. The first-order valence-electron chi connectivity index (χ1n) is 3.00. The molecule has 0 saturated carbocycles. The molecule has 0 aromatic rings. The van der Waals surface area contributed by atoms with Gasteiger partial charge in [-0.05, 0) is 0 Å². The second-order valence-corrected chi connectivity index (χ2v) is 3.52. The number of alkyl halides is 2. The lowest BCUT2D eigenvalue weighted by Gasteiger charge is -2.11. The molecule has 0 heterocycles. The van der Waals surface area contributed by atoms with E-state index < -0.39 is 34.4 Å². The van der Waals surface area contributed by atoms with E-state index in [-0.39, 0.29) is 0 Å². The summed E-state index contributed by atoms with van der Waals surface area (Å²) in [7, 11) is -3.95. The van der Waals surface area contributed by atoms with E-state index in [2.05, 4.69) is 13.1 Å². The fourth-order valence-corrected chi connectivity index (χ4v) is 1.35. The van der Waals surface area contributed by atoms with Crippen molar-refractivity contribution in [2.24, 2.45) is 0 Å². The lowest BCUT2D eigenvalue weighted by Crippen LogP contribution is -2.01. The molecule has 0 aliphatic carbocycles. The highest BCUT2D eigenvalue weighted by atomic mass is 35.5. The summed E-state index contributed by atoms with van der Waals surface area (Å²) in [5.41, 5.74) is 0. The van der Waals surface area contributed by atoms with Crippen molar-refractivity contribution in [3.8, 4) is 0 Å². The van der Waals surface area contributed by atoms with Crippen molar-refractivity contribution in [3.63, 3.8) is 0 Å². The molecule has 4 nitrogen and oxygen atoms in total. The second-order valence-electron chi connectivity index (χ2n) is 1.56. The molecule has 0 aromatic heterocycles. The van der Waals surface area contributed by atoms with Crippen LogP contribution in [0, 0.1) is 0 Å². The van der Waals surface area contributed by atoms with Crippen LogP contribution in [0.3, 0.4) is 0 Å². The van der Waals surface area contributed by atoms with Crippen molar-refractivity contribution in [3.05, 3.63) is 0 Å². The molecule has 74 valence electrons. The van der Waals surface area contributed by atoms with Gasteiger partial charge in [0.15, 0.2) is 0 Å². The number of halogens is 3. The van der Waals surface area contributed by atoms with E-state index in [0.717, 1.165) is 0 Å². The molecule has 12 heavy (non-hydrogen) atoms. The van der Waals surface area contributed by atoms with Crippen molar-refractivity contribution >= 4 is 19.7 Å². The predicted octanol–water partition coefficient (Wildman–Crippen LogP) is 2.24. The number of phosphoric acid groups is 1. The third kappa shape index (κ3) is 5.00. The molecule has 0 rings (SSSR count). The summed E-state index contributed by atoms with van der Waals surface area (Å²) in [6.07, 6.45) is 0. The smallest absolute Gasteiger partial charge is 0.283 e. The lowest BCUT2D eigenvalue weighted by atomic mass is 10.9. The lowest BCUT2D eigenvalue weighted by molar-refractivity contribution is 0.142. The van der Waals surface area contributed by atoms with E-state index in [9.17, 15) is 13.3 Å². The van der Waals surface area contributed by atoms with Crippen molar-refractivity contribution < 1.29 is 26.5 Å². The average molecular weight is 225 g/mol. The first-order chi connectivity index (χ1) is 5.68. The van der Waals surface area contributed by atoms with Gasteiger partial charge in [-0.1, -0.05) is 0 Å². The highest BCUT2D eigenvalue weighted by molar-refractivity contribution is 7.49. The van der Waals surface area contributed by atoms with Gasteiger partial charge in [-0.2, -0.15) is 4.08 Å². The molecule has 0 saturated heterocycles. The highest BCUT2D eigenvalue weighted by Crippen LogP contribution is 2.50. The van der Waals surface area contributed by atoms with Crippen LogP contribution < -0.4 is 0 Å². The van der Waals surface area contributed by atoms with Crippen molar-refractivity contribution in [1.29, 1.82) is 0 Å². The van der Waals surface area contributed by atoms with E-state index in [1.165, 1.54) is 0 Å². The number of rotatable bonds is 7. The molecule has 0 aliphatic heterocycles. The van der Waals surface area contributed by atoms with Crippen LogP contribution in [0.1, 0.15) is 0 Å². The molecular weight excluding hydrogens is 216 g/mol. The van der Waals surface area contributed by atoms with Crippen LogP contribution in [0.15, 0.2) is 0 Å². The Kier molecular flexibility index (Phi) is 6.89. The minimum atomic E-state index is -3.95. The minimum absolute atomic E-state index is 0.476. The topological polar surface area (TPSA) is 44.8 Å². The molecule has 0 spiro atoms. The molecule has 0 unspecified atom stereocenters. The molecule has 0 atom stereocenters. The van der Waals surface area contributed by atoms with Gasteiger partial charge in [0.05, 0.1) is 25.1 Å². The average Bonchev–Trinajstić information content (AvgIpc) is 2.11. The van der Waals surface area contributed by atoms with E-state index in [0.29, 0.717) is 0 Å². The SMILES string of the molecule is O=P(OCl)(OCCF)OCCF. The van der Waals surface area contributed by atoms with Crippen LogP contribution in [0.2, 0.25) is 0 Å². The summed E-state index contributed by atoms with van der Waals surface area (Å²) in [5.74, 6) is 0. The summed E-state index contributed by atoms with van der Waals surface area (Å²) < 4.78 is 46.3. The van der Waals surface area contributed by atoms with E-state index in [1.54, 1.807) is 0 Å². The monoisotopic (exact) mass is 224 g/mol. The standard InChI is InChI=1S/C4H8ClF2O4P/c5-11-12(8,9-3-1-6)10-4-2-7/h1-4H2. The maximum Gasteiger partial charge on any atom is 0.491 e. The molecule has 0 radical (unpaired) electrons. The molecule has 0 fully saturated rings. The third-order valence-electron chi connectivity index (χ3n) is 0.738. The van der Waals surface area contributed by atoms with Crippen LogP contribution in [0.5, 0.6) is 0 Å². The first-order valence-corrected chi connectivity index (χ1v) is 4.77. The Balaban J connectivity index is 3.79. The Morgan fingerprint density at radius 1 is 1.17 bits per heavy atom. The van der Waals surface area contributed by atoms with Gasteiger partial charge in [0.1, 0.15) is 13.3 Å². The minimum Gasteiger partial charge on any atom is -0.283 e. The van der Waals surface area contributed by atoms with Crippen molar-refractivity contribution in [1.82, 2.24) is 0 Å². The zero-order valence-corrected chi connectivity index (χ0v) is 7.69. The Hall–Kier alpha value is 0.260. The normalized spacial score (nSPS) is 11.9. The van der Waals surface area contributed by atoms with Gasteiger partial charge < -0.3 is 0 Å². The van der Waals surface area contributed by atoms with Crippen LogP contribution in [0.25, 0.3) is 0 Å². The molecule has 0 aromatic carbocycles. The Labute approximate surface area is 73.5 Å². The Morgan fingerprint density at radius 3 is 1.83 bits per heavy atom. The quantitative estimate of drug-likeness (QED) is 0.622. The summed E-state index contributed by atoms with van der Waals surface area (Å²) in [4.78, 5) is 0. The van der Waals surface area contributed by atoms with Gasteiger partial charge in [-0.3, -0.25) is 9.05 Å². The third-order valence-corrected chi connectivity index (χ3v) is 2.41. The zero-order chi connectivity index (χ0) is 9.45. The number of phosphoric ester groups is 1. The van der Waals surface area contributed by atoms with Crippen LogP contribution >= 0.6 is 19.7 Å². The fraction of sp³-hybridized carbons (Fsp3) is 1.00. The van der Waals surface area contributed by atoms with E-state index in [1.807, 2.05) is 0 Å². The molecule has 8 heteroatoms. The molecule has 0 N–H and O–H groups in total. The molecule has 0 amide bonds. The van der Waals surface area contributed by atoms with Crippen LogP contribution in [0.4, 0.5) is 8.78 Å². The molecule has 0 bridgehead atoms. The Bertz CT molecular complexity index is 146. The summed E-state index contributed by atoms with van der Waals surface area (Å²) in [6.45, 7) is -2.67. The summed E-state index contributed by atoms with van der Waals surface area (Å²) in [5, 5.41) is 0. The van der Waals surface area contributed by atoms with Gasteiger partial charge in [0.25, 0.3) is 0 Å². The van der Waals surface area contributed by atoms with Gasteiger partial charge in [0.2, 0.25) is 0 Å². The van der Waals surface area contributed by atoms with E-state index >= 15 is 0 Å². The van der Waals surface area contributed by atoms with Gasteiger partial charge in [-0.25, -0.2) is 13.3 Å². The predicted molar refractivity (Wildman–Crippen MR) is 38.4 cm³/mol. The van der Waals surface area contributed by atoms with Gasteiger partial charge in [-0.15, -0.1) is 0 Å². The number of hydrogen-bond acceptors (Lipinski definition) is 4. The van der Waals surface area contributed by atoms with Crippen molar-refractivity contribution in [2.75, 3.05) is 26.6 Å². The summed E-state index contributed by atoms with van der Waals surface area (Å²) in [6, 6.07) is 0. The second kappa shape index (κ2) is 6.74. The summed E-state index contributed by atoms with van der Waals surface area (Å²) >= 11 is 4.72. The first kappa shape index (κ1) is 12.3. The molecular formula is C4H8ClF2O4P. The zero-order valence-electron chi connectivity index (χ0n) is 6.04. The largest absolute Gasteiger partial charge is 0.491 e. The maximum atomic E-state index is 11.5. The molecule has 0 aliphatic rings. The van der Waals surface area contributed by atoms with Gasteiger partial charge in [0, 0.05) is 0 Å². The van der Waals surface area contributed by atoms with Crippen LogP contribution in [-0.4, -0.2) is 26.6 Å². The van der Waals surface area contributed by atoms with Gasteiger partial charge >= 0.3 is 7.82 Å². The van der Waals surface area contributed by atoms with E-state index in [4.69, 9.17) is 11.9 Å². The Morgan fingerprint density at radius 2 is 1.58 bits per heavy atom. The maximum absolute atomic E-state index is 11.5. The van der Waals surface area contributed by atoms with Crippen LogP contribution in [-0.2, 0) is 17.7 Å². The van der Waals surface area contributed by atoms with Crippen molar-refractivity contribution in [2.45, 2.75) is 0 Å². The fourth-order valence-electron chi connectivity index (χ4n) is 0.370.